The Kier molecular flexibility index (Phi) is 8.66. The van der Waals surface area contributed by atoms with E-state index in [1.807, 2.05) is 48.5 Å². The van der Waals surface area contributed by atoms with Gasteiger partial charge in [0.1, 0.15) is 29.4 Å². The van der Waals surface area contributed by atoms with Crippen LogP contribution in [0.15, 0.2) is 66.3 Å². The lowest BCUT2D eigenvalue weighted by molar-refractivity contribution is -0.186. The van der Waals surface area contributed by atoms with Gasteiger partial charge in [0.15, 0.2) is 0 Å². The van der Waals surface area contributed by atoms with Gasteiger partial charge in [0, 0.05) is 30.4 Å². The molecule has 0 aromatic heterocycles. The van der Waals surface area contributed by atoms with E-state index < -0.39 is 74.5 Å². The molecule has 2 saturated carbocycles. The molecular weight excluding hydrogens is 638 g/mol. The molecule has 1 aliphatic heterocycles. The second-order valence-corrected chi connectivity index (χ2v) is 15.2. The van der Waals surface area contributed by atoms with Crippen molar-refractivity contribution in [3.05, 3.63) is 72.3 Å². The highest BCUT2D eigenvalue weighted by molar-refractivity contribution is 7.91. The number of hydroxylamine groups is 2. The highest BCUT2D eigenvalue weighted by atomic mass is 32.2. The van der Waals surface area contributed by atoms with Crippen LogP contribution in [0, 0.1) is 11.8 Å². The smallest absolute Gasteiger partial charge is 0.259 e. The van der Waals surface area contributed by atoms with Crippen LogP contribution in [0.2, 0.25) is 0 Å². The first-order valence-corrected chi connectivity index (χ1v) is 17.6. The monoisotopic (exact) mass is 677 g/mol. The van der Waals surface area contributed by atoms with Crippen LogP contribution in [0.1, 0.15) is 57.6 Å². The minimum Gasteiger partial charge on any atom is -0.390 e. The second kappa shape index (κ2) is 12.5. The van der Waals surface area contributed by atoms with E-state index in [4.69, 9.17) is 4.84 Å². The van der Waals surface area contributed by atoms with Crippen molar-refractivity contribution in [3.63, 3.8) is 0 Å². The van der Waals surface area contributed by atoms with E-state index >= 15 is 0 Å². The van der Waals surface area contributed by atoms with E-state index in [-0.39, 0.29) is 19.4 Å². The first-order chi connectivity index (χ1) is 22.8. The SMILES string of the molecule is C=C[C@@H]1C[C@@]1(NC(=O)[C@@H]1C[C@@H](ON=C2c3ccccc3-c3ccccc32)CN1C(=O)[C@@H](C(C)C)N(O)C(C)=O)C(=O)NS(=O)(=O)C1CC1. The molecule has 1 saturated heterocycles. The molecule has 0 radical (unpaired) electrons. The van der Waals surface area contributed by atoms with E-state index in [0.717, 1.165) is 29.2 Å². The van der Waals surface area contributed by atoms with Gasteiger partial charge in [0.2, 0.25) is 27.7 Å². The number of amides is 4. The molecule has 1 heterocycles. The predicted molar refractivity (Wildman–Crippen MR) is 175 cm³/mol. The third-order valence-electron chi connectivity index (χ3n) is 9.52. The Morgan fingerprint density at radius 3 is 2.15 bits per heavy atom. The lowest BCUT2D eigenvalue weighted by Gasteiger charge is -2.33. The maximum Gasteiger partial charge on any atom is 0.259 e. The number of nitrogens with zero attached hydrogens (tertiary/aromatic N) is 3. The first kappa shape index (κ1) is 33.3. The number of nitrogens with one attached hydrogen (secondary N) is 2. The van der Waals surface area contributed by atoms with Gasteiger partial charge >= 0.3 is 0 Å². The zero-order chi connectivity index (χ0) is 34.5. The molecule has 3 N–H and O–H groups in total. The highest BCUT2D eigenvalue weighted by Crippen LogP contribution is 2.45. The number of fused-ring (bicyclic) bond motifs is 3. The van der Waals surface area contributed by atoms with Gasteiger partial charge in [0.25, 0.3) is 5.91 Å². The maximum atomic E-state index is 14.0. The van der Waals surface area contributed by atoms with Crippen molar-refractivity contribution in [2.45, 2.75) is 75.4 Å². The second-order valence-electron chi connectivity index (χ2n) is 13.2. The number of hydrogen-bond donors (Lipinski definition) is 3. The fourth-order valence-electron chi connectivity index (χ4n) is 6.64. The van der Waals surface area contributed by atoms with Crippen molar-refractivity contribution in [3.8, 4) is 11.1 Å². The number of carbonyl (C=O) groups is 4. The number of benzene rings is 2. The summed E-state index contributed by atoms with van der Waals surface area (Å²) in [5, 5.41) is 17.5. The van der Waals surface area contributed by atoms with Crippen LogP contribution in [-0.4, -0.2) is 88.4 Å². The normalized spacial score (nSPS) is 24.6. The lowest BCUT2D eigenvalue weighted by Crippen LogP contribution is -2.59. The molecule has 2 aromatic carbocycles. The summed E-state index contributed by atoms with van der Waals surface area (Å²) in [5.41, 5.74) is 2.77. The zero-order valence-corrected chi connectivity index (χ0v) is 27.8. The van der Waals surface area contributed by atoms with Crippen molar-refractivity contribution in [1.29, 1.82) is 0 Å². The summed E-state index contributed by atoms with van der Waals surface area (Å²) in [6, 6.07) is 13.0. The van der Waals surface area contributed by atoms with Crippen LogP contribution in [0.25, 0.3) is 11.1 Å². The number of likely N-dealkylation sites (tertiary alicyclic amines) is 1. The molecule has 5 atom stereocenters. The Labute approximate surface area is 279 Å². The Morgan fingerprint density at radius 2 is 1.65 bits per heavy atom. The van der Waals surface area contributed by atoms with Gasteiger partial charge in [-0.05, 0) is 36.3 Å². The van der Waals surface area contributed by atoms with E-state index in [1.165, 1.54) is 11.0 Å². The quantitative estimate of drug-likeness (QED) is 0.158. The third kappa shape index (κ3) is 5.98. The molecule has 3 fully saturated rings. The van der Waals surface area contributed by atoms with Crippen LogP contribution in [0.3, 0.4) is 0 Å². The summed E-state index contributed by atoms with van der Waals surface area (Å²) in [7, 11) is -3.90. The van der Waals surface area contributed by atoms with Crippen molar-refractivity contribution in [2.24, 2.45) is 17.0 Å². The number of sulfonamides is 1. The zero-order valence-electron chi connectivity index (χ0n) is 27.0. The molecule has 6 rings (SSSR count). The van der Waals surface area contributed by atoms with Gasteiger partial charge < -0.3 is 15.1 Å². The maximum absolute atomic E-state index is 14.0. The van der Waals surface area contributed by atoms with E-state index in [2.05, 4.69) is 21.8 Å². The van der Waals surface area contributed by atoms with Gasteiger partial charge in [-0.1, -0.05) is 73.6 Å². The third-order valence-corrected chi connectivity index (χ3v) is 11.3. The Hall–Kier alpha value is -4.56. The minimum absolute atomic E-state index is 0.0230. The van der Waals surface area contributed by atoms with E-state index in [9.17, 15) is 32.8 Å². The first-order valence-electron chi connectivity index (χ1n) is 16.0. The van der Waals surface area contributed by atoms with Crippen molar-refractivity contribution in [2.75, 3.05) is 6.54 Å². The molecule has 3 aliphatic carbocycles. The fraction of sp³-hybridized carbons (Fsp3) is 0.441. The summed E-state index contributed by atoms with van der Waals surface area (Å²) in [4.78, 5) is 60.8. The van der Waals surface area contributed by atoms with Crippen LogP contribution >= 0.6 is 0 Å². The van der Waals surface area contributed by atoms with Crippen LogP contribution in [0.5, 0.6) is 0 Å². The summed E-state index contributed by atoms with van der Waals surface area (Å²) in [6.07, 6.45) is 1.71. The predicted octanol–water partition coefficient (Wildman–Crippen LogP) is 2.34. The average Bonchev–Trinajstić information content (AvgIpc) is 3.96. The van der Waals surface area contributed by atoms with Gasteiger partial charge in [-0.3, -0.25) is 29.1 Å². The Bertz CT molecular complexity index is 1770. The number of hydrogen-bond acceptors (Lipinski definition) is 9. The average molecular weight is 678 g/mol. The van der Waals surface area contributed by atoms with Crippen molar-refractivity contribution >= 4 is 39.4 Å². The van der Waals surface area contributed by atoms with E-state index in [1.54, 1.807) is 13.8 Å². The standard InChI is InChI=1S/C34H39N5O8S/c1-5-21-17-34(21,33(43)37-48(45,46)23-14-15-23)35-31(41)28-16-22(18-38(28)32(42)30(19(2)3)39(44)20(4)40)47-36-29-26-12-8-6-10-24(26)25-11-7-9-13-27(25)29/h5-13,19,21-23,28,30,44H,1,14-18H2,2-4H3,(H,35,41)(H,37,43)/t21-,22-,28+,30-,34+/m1/s1. The molecule has 48 heavy (non-hydrogen) atoms. The van der Waals surface area contributed by atoms with Crippen LogP contribution < -0.4 is 10.0 Å². The molecule has 254 valence electrons. The molecule has 0 bridgehead atoms. The van der Waals surface area contributed by atoms with Crippen LogP contribution in [0.4, 0.5) is 0 Å². The number of rotatable bonds is 11. The number of carbonyl (C=O) groups excluding carboxylic acids is 4. The Balaban J connectivity index is 1.28. The van der Waals surface area contributed by atoms with Gasteiger partial charge in [0.05, 0.1) is 11.8 Å². The molecule has 2 aromatic rings. The van der Waals surface area contributed by atoms with Crippen LogP contribution in [-0.2, 0) is 34.0 Å². The van der Waals surface area contributed by atoms with Crippen molar-refractivity contribution in [1.82, 2.24) is 20.0 Å². The molecule has 13 nitrogen and oxygen atoms in total. The molecule has 4 aliphatic rings. The Morgan fingerprint density at radius 1 is 1.06 bits per heavy atom. The lowest BCUT2D eigenvalue weighted by atomic mass is 10.0. The molecule has 0 unspecified atom stereocenters. The minimum atomic E-state index is -3.90. The van der Waals surface area contributed by atoms with Gasteiger partial charge in [-0.2, -0.15) is 0 Å². The summed E-state index contributed by atoms with van der Waals surface area (Å²) in [5.74, 6) is -4.07. The van der Waals surface area contributed by atoms with E-state index in [0.29, 0.717) is 23.6 Å². The number of oxime groups is 1. The largest absolute Gasteiger partial charge is 0.390 e. The highest BCUT2D eigenvalue weighted by Gasteiger charge is 2.62. The fourth-order valence-corrected chi connectivity index (χ4v) is 8.01. The summed E-state index contributed by atoms with van der Waals surface area (Å²) < 4.78 is 27.3. The van der Waals surface area contributed by atoms with Gasteiger partial charge in [-0.25, -0.2) is 13.5 Å². The topological polar surface area (TPSA) is 175 Å². The van der Waals surface area contributed by atoms with Gasteiger partial charge in [-0.15, -0.1) is 6.58 Å². The molecule has 0 spiro atoms. The molecule has 4 amide bonds. The molecular formula is C34H39N5O8S. The summed E-state index contributed by atoms with van der Waals surface area (Å²) >= 11 is 0. The molecule has 14 heteroatoms. The van der Waals surface area contributed by atoms with Crippen molar-refractivity contribution < 1.29 is 37.6 Å². The summed E-state index contributed by atoms with van der Waals surface area (Å²) in [6.45, 7) is 8.07.